The van der Waals surface area contributed by atoms with Crippen LogP contribution in [0.2, 0.25) is 0 Å². The molecule has 0 radical (unpaired) electrons. The maximum absolute atomic E-state index is 10.4. The molecule has 84 valence electrons. The van der Waals surface area contributed by atoms with Crippen LogP contribution in [-0.2, 0) is 11.2 Å². The second-order valence-electron chi connectivity index (χ2n) is 3.35. The Morgan fingerprint density at radius 2 is 2.44 bits per heavy atom. The number of aliphatic carboxylic acids is 1. The predicted molar refractivity (Wildman–Crippen MR) is 60.4 cm³/mol. The molecule has 0 amide bonds. The molecule has 4 nitrogen and oxygen atoms in total. The van der Waals surface area contributed by atoms with Crippen molar-refractivity contribution in [2.24, 2.45) is 0 Å². The highest BCUT2D eigenvalue weighted by Crippen LogP contribution is 2.28. The summed E-state index contributed by atoms with van der Waals surface area (Å²) in [5.74, 6) is 0.0302. The molecule has 0 atom stereocenters. The largest absolute Gasteiger partial charge is 0.481 e. The van der Waals surface area contributed by atoms with Gasteiger partial charge < -0.3 is 9.52 Å². The molecule has 0 fully saturated rings. The van der Waals surface area contributed by atoms with Crippen LogP contribution in [0.5, 0.6) is 0 Å². The minimum atomic E-state index is -0.769. The van der Waals surface area contributed by atoms with Crippen molar-refractivity contribution in [2.75, 3.05) is 0 Å². The van der Waals surface area contributed by atoms with Gasteiger partial charge in [0.25, 0.3) is 0 Å². The minimum Gasteiger partial charge on any atom is -0.481 e. The lowest BCUT2D eigenvalue weighted by atomic mass is 10.1. The second kappa shape index (κ2) is 4.94. The summed E-state index contributed by atoms with van der Waals surface area (Å²) in [5, 5.41) is 8.56. The van der Waals surface area contributed by atoms with Gasteiger partial charge in [-0.1, -0.05) is 0 Å². The van der Waals surface area contributed by atoms with Crippen molar-refractivity contribution < 1.29 is 14.3 Å². The first-order valence-corrected chi connectivity index (χ1v) is 5.83. The summed E-state index contributed by atoms with van der Waals surface area (Å²) in [6.45, 7) is 0. The first kappa shape index (κ1) is 10.9. The number of carboxylic acid groups (broad SMARTS) is 1. The molecule has 0 saturated carbocycles. The van der Waals surface area contributed by atoms with E-state index < -0.39 is 5.97 Å². The number of aromatic nitrogens is 1. The van der Waals surface area contributed by atoms with Gasteiger partial charge in [-0.3, -0.25) is 4.79 Å². The fraction of sp³-hybridized carbons (Fsp3) is 0.273. The molecule has 1 N–H and O–H groups in total. The van der Waals surface area contributed by atoms with Crippen molar-refractivity contribution in [2.45, 2.75) is 19.3 Å². The molecule has 2 aromatic rings. The fourth-order valence-corrected chi connectivity index (χ4v) is 2.27. The maximum atomic E-state index is 10.4. The molecule has 2 heterocycles. The van der Waals surface area contributed by atoms with Crippen LogP contribution in [0.3, 0.4) is 0 Å². The average Bonchev–Trinajstić information content (AvgIpc) is 2.84. The summed E-state index contributed by atoms with van der Waals surface area (Å²) in [6.07, 6.45) is 3.07. The molecule has 16 heavy (non-hydrogen) atoms. The highest BCUT2D eigenvalue weighted by atomic mass is 32.1. The minimum absolute atomic E-state index is 0.176. The van der Waals surface area contributed by atoms with Crippen LogP contribution in [0.25, 0.3) is 10.6 Å². The summed E-state index contributed by atoms with van der Waals surface area (Å²) >= 11 is 1.51. The van der Waals surface area contributed by atoms with Crippen LogP contribution in [0, 0.1) is 0 Å². The van der Waals surface area contributed by atoms with Gasteiger partial charge in [0, 0.05) is 6.42 Å². The Hall–Kier alpha value is -1.62. The van der Waals surface area contributed by atoms with Crippen molar-refractivity contribution in [3.05, 3.63) is 29.6 Å². The van der Waals surface area contributed by atoms with Crippen molar-refractivity contribution >= 4 is 17.3 Å². The van der Waals surface area contributed by atoms with Gasteiger partial charge in [0.05, 0.1) is 22.3 Å². The lowest BCUT2D eigenvalue weighted by Crippen LogP contribution is -1.96. The van der Waals surface area contributed by atoms with E-state index in [0.29, 0.717) is 12.8 Å². The van der Waals surface area contributed by atoms with Gasteiger partial charge in [0.15, 0.2) is 0 Å². The van der Waals surface area contributed by atoms with Crippen LogP contribution in [-0.4, -0.2) is 16.1 Å². The maximum Gasteiger partial charge on any atom is 0.303 e. The molecule has 0 saturated heterocycles. The Labute approximate surface area is 96.6 Å². The zero-order valence-electron chi connectivity index (χ0n) is 8.55. The number of rotatable bonds is 5. The number of nitrogens with zero attached hydrogens (tertiary/aromatic N) is 1. The lowest BCUT2D eigenvalue weighted by Gasteiger charge is -1.98. The average molecular weight is 237 g/mol. The fourth-order valence-electron chi connectivity index (χ4n) is 1.46. The molecule has 0 aliphatic rings. The molecule has 0 unspecified atom stereocenters. The third-order valence-electron chi connectivity index (χ3n) is 2.19. The number of carboxylic acids is 1. The number of aryl methyl sites for hydroxylation is 1. The second-order valence-corrected chi connectivity index (χ2v) is 4.21. The number of thiazole rings is 1. The Bertz CT molecular complexity index is 461. The smallest absolute Gasteiger partial charge is 0.303 e. The van der Waals surface area contributed by atoms with Gasteiger partial charge >= 0.3 is 5.97 Å². The van der Waals surface area contributed by atoms with Gasteiger partial charge in [0.2, 0.25) is 0 Å². The molecular weight excluding hydrogens is 226 g/mol. The molecule has 5 heteroatoms. The highest BCUT2D eigenvalue weighted by molar-refractivity contribution is 7.13. The molecule has 0 aliphatic heterocycles. The quantitative estimate of drug-likeness (QED) is 0.868. The number of furan rings is 1. The third kappa shape index (κ3) is 2.49. The van der Waals surface area contributed by atoms with E-state index in [-0.39, 0.29) is 6.42 Å². The summed E-state index contributed by atoms with van der Waals surface area (Å²) in [7, 11) is 0. The van der Waals surface area contributed by atoms with Crippen molar-refractivity contribution in [1.82, 2.24) is 4.98 Å². The Kier molecular flexibility index (Phi) is 3.36. The molecule has 0 spiro atoms. The van der Waals surface area contributed by atoms with Crippen molar-refractivity contribution in [1.29, 1.82) is 0 Å². The molecule has 0 aromatic carbocycles. The van der Waals surface area contributed by atoms with Crippen LogP contribution < -0.4 is 0 Å². The van der Waals surface area contributed by atoms with Crippen LogP contribution in [0.4, 0.5) is 0 Å². The zero-order valence-corrected chi connectivity index (χ0v) is 9.37. The summed E-state index contributed by atoms with van der Waals surface area (Å²) in [6, 6.07) is 3.71. The number of hydrogen-bond donors (Lipinski definition) is 1. The van der Waals surface area contributed by atoms with E-state index in [1.165, 1.54) is 11.3 Å². The molecule has 0 bridgehead atoms. The lowest BCUT2D eigenvalue weighted by molar-refractivity contribution is -0.137. The SMILES string of the molecule is O=C(O)CCCc1ncsc1-c1ccco1. The summed E-state index contributed by atoms with van der Waals surface area (Å²) in [5.41, 5.74) is 2.68. The highest BCUT2D eigenvalue weighted by Gasteiger charge is 2.11. The van der Waals surface area contributed by atoms with Gasteiger partial charge in [-0.2, -0.15) is 0 Å². The third-order valence-corrected chi connectivity index (χ3v) is 3.07. The monoisotopic (exact) mass is 237 g/mol. The van der Waals surface area contributed by atoms with Crippen LogP contribution >= 0.6 is 11.3 Å². The summed E-state index contributed by atoms with van der Waals surface area (Å²) in [4.78, 5) is 15.6. The van der Waals surface area contributed by atoms with Crippen LogP contribution in [0.1, 0.15) is 18.5 Å². The van der Waals surface area contributed by atoms with Crippen molar-refractivity contribution in [3.8, 4) is 10.6 Å². The molecule has 2 aromatic heterocycles. The zero-order chi connectivity index (χ0) is 11.4. The first-order valence-electron chi connectivity index (χ1n) is 4.95. The Morgan fingerprint density at radius 1 is 1.56 bits per heavy atom. The van der Waals surface area contributed by atoms with E-state index in [2.05, 4.69) is 4.98 Å². The normalized spacial score (nSPS) is 10.5. The molecular formula is C11H11NO3S. The van der Waals surface area contributed by atoms with E-state index in [1.54, 1.807) is 11.8 Å². The van der Waals surface area contributed by atoms with E-state index in [4.69, 9.17) is 9.52 Å². The predicted octanol–water partition coefficient (Wildman–Crippen LogP) is 2.81. The standard InChI is InChI=1S/C11H11NO3S/c13-10(14)5-1-3-8-11(16-7-12-8)9-4-2-6-15-9/h2,4,6-7H,1,3,5H2,(H,13,14). The topological polar surface area (TPSA) is 63.3 Å². The summed E-state index contributed by atoms with van der Waals surface area (Å²) < 4.78 is 5.30. The number of hydrogen-bond acceptors (Lipinski definition) is 4. The van der Waals surface area contributed by atoms with E-state index in [9.17, 15) is 4.79 Å². The Balaban J connectivity index is 2.05. The van der Waals surface area contributed by atoms with Gasteiger partial charge in [-0.05, 0) is 25.0 Å². The van der Waals surface area contributed by atoms with Gasteiger partial charge in [-0.15, -0.1) is 11.3 Å². The van der Waals surface area contributed by atoms with Crippen LogP contribution in [0.15, 0.2) is 28.3 Å². The number of carbonyl (C=O) groups is 1. The first-order chi connectivity index (χ1) is 7.77. The van der Waals surface area contributed by atoms with Gasteiger partial charge in [-0.25, -0.2) is 4.98 Å². The van der Waals surface area contributed by atoms with E-state index in [0.717, 1.165) is 16.3 Å². The van der Waals surface area contributed by atoms with Gasteiger partial charge in [0.1, 0.15) is 5.76 Å². The molecule has 0 aliphatic carbocycles. The Morgan fingerprint density at radius 3 is 3.12 bits per heavy atom. The van der Waals surface area contributed by atoms with E-state index >= 15 is 0 Å². The molecule has 2 rings (SSSR count). The van der Waals surface area contributed by atoms with E-state index in [1.807, 2.05) is 12.1 Å². The van der Waals surface area contributed by atoms with Crippen molar-refractivity contribution in [3.63, 3.8) is 0 Å².